The van der Waals surface area contributed by atoms with Gasteiger partial charge in [-0.1, -0.05) is 20.8 Å². The Kier molecular flexibility index (Phi) is 3.43. The monoisotopic (exact) mass is 233 g/mol. The Hall–Kier alpha value is -0.580. The van der Waals surface area contributed by atoms with Gasteiger partial charge in [-0.2, -0.15) is 0 Å². The highest BCUT2D eigenvalue weighted by Crippen LogP contribution is 2.19. The molecule has 0 saturated carbocycles. The van der Waals surface area contributed by atoms with Gasteiger partial charge in [0.25, 0.3) is 0 Å². The second-order valence-corrected chi connectivity index (χ2v) is 7.63. The fourth-order valence-electron chi connectivity index (χ4n) is 1.67. The van der Waals surface area contributed by atoms with Crippen LogP contribution < -0.4 is 5.32 Å². The van der Waals surface area contributed by atoms with Gasteiger partial charge in [0.1, 0.15) is 0 Å². The van der Waals surface area contributed by atoms with Crippen LogP contribution in [0.3, 0.4) is 0 Å². The predicted molar refractivity (Wildman–Crippen MR) is 59.3 cm³/mol. The summed E-state index contributed by atoms with van der Waals surface area (Å²) in [6.45, 7) is 5.95. The first kappa shape index (κ1) is 12.5. The molecule has 1 heterocycles. The molecule has 0 aromatic carbocycles. The Bertz CT molecular complexity index is 340. The Morgan fingerprint density at radius 1 is 1.40 bits per heavy atom. The maximum Gasteiger partial charge on any atom is 0.220 e. The van der Waals surface area contributed by atoms with Crippen molar-refractivity contribution in [2.75, 3.05) is 11.5 Å². The molecule has 0 aromatic rings. The second kappa shape index (κ2) is 4.12. The average molecular weight is 233 g/mol. The maximum absolute atomic E-state index is 11.5. The van der Waals surface area contributed by atoms with E-state index in [2.05, 4.69) is 5.32 Å². The topological polar surface area (TPSA) is 63.2 Å². The van der Waals surface area contributed by atoms with Gasteiger partial charge in [0.2, 0.25) is 5.91 Å². The SMILES string of the molecule is CC(C)(C)CC(=O)N[C@@H]1CCS(=O)(=O)C1. The summed E-state index contributed by atoms with van der Waals surface area (Å²) in [5, 5.41) is 2.77. The van der Waals surface area contributed by atoms with Crippen molar-refractivity contribution in [2.24, 2.45) is 5.41 Å². The van der Waals surface area contributed by atoms with Crippen molar-refractivity contribution in [3.05, 3.63) is 0 Å². The van der Waals surface area contributed by atoms with Gasteiger partial charge in [-0.25, -0.2) is 8.42 Å². The summed E-state index contributed by atoms with van der Waals surface area (Å²) in [6, 6.07) is -0.176. The molecule has 88 valence electrons. The summed E-state index contributed by atoms with van der Waals surface area (Å²) in [5.74, 6) is 0.251. The largest absolute Gasteiger partial charge is 0.352 e. The first-order chi connectivity index (χ1) is 6.68. The minimum atomic E-state index is -2.90. The van der Waals surface area contributed by atoms with E-state index in [4.69, 9.17) is 0 Å². The zero-order valence-corrected chi connectivity index (χ0v) is 10.4. The number of carbonyl (C=O) groups is 1. The fourth-order valence-corrected chi connectivity index (χ4v) is 3.34. The van der Waals surface area contributed by atoms with Crippen molar-refractivity contribution in [2.45, 2.75) is 39.7 Å². The molecule has 0 aromatic heterocycles. The molecule has 0 unspecified atom stereocenters. The van der Waals surface area contributed by atoms with E-state index < -0.39 is 9.84 Å². The standard InChI is InChI=1S/C10H19NO3S/c1-10(2,3)6-9(12)11-8-4-5-15(13,14)7-8/h8H,4-7H2,1-3H3,(H,11,12)/t8-/m1/s1. The number of amides is 1. The minimum absolute atomic E-state index is 0.0513. The summed E-state index contributed by atoms with van der Waals surface area (Å²) in [7, 11) is -2.90. The smallest absolute Gasteiger partial charge is 0.220 e. The number of carbonyl (C=O) groups excluding carboxylic acids is 1. The lowest BCUT2D eigenvalue weighted by Gasteiger charge is -2.19. The molecule has 0 aliphatic carbocycles. The third kappa shape index (κ3) is 4.64. The molecule has 1 fully saturated rings. The Labute approximate surface area is 91.4 Å². The number of sulfone groups is 1. The number of hydrogen-bond acceptors (Lipinski definition) is 3. The third-order valence-corrected chi connectivity index (χ3v) is 4.06. The lowest BCUT2D eigenvalue weighted by Crippen LogP contribution is -2.37. The van der Waals surface area contributed by atoms with Gasteiger partial charge in [-0.15, -0.1) is 0 Å². The minimum Gasteiger partial charge on any atom is -0.352 e. The van der Waals surface area contributed by atoms with Crippen LogP contribution in [0.5, 0.6) is 0 Å². The van der Waals surface area contributed by atoms with Crippen LogP contribution in [0.4, 0.5) is 0 Å². The van der Waals surface area contributed by atoms with Crippen LogP contribution in [0.25, 0.3) is 0 Å². The molecule has 1 saturated heterocycles. The highest BCUT2D eigenvalue weighted by atomic mass is 32.2. The van der Waals surface area contributed by atoms with Crippen molar-refractivity contribution in [1.29, 1.82) is 0 Å². The third-order valence-electron chi connectivity index (χ3n) is 2.29. The van der Waals surface area contributed by atoms with Gasteiger partial charge in [0.15, 0.2) is 9.84 Å². The molecule has 1 amide bonds. The highest BCUT2D eigenvalue weighted by Gasteiger charge is 2.29. The van der Waals surface area contributed by atoms with Gasteiger partial charge in [0.05, 0.1) is 11.5 Å². The molecule has 0 spiro atoms. The first-order valence-corrected chi connectivity index (χ1v) is 7.00. The van der Waals surface area contributed by atoms with Crippen molar-refractivity contribution >= 4 is 15.7 Å². The van der Waals surface area contributed by atoms with Gasteiger partial charge in [-0.3, -0.25) is 4.79 Å². The molecule has 1 atom stereocenters. The average Bonchev–Trinajstić information content (AvgIpc) is 2.25. The molecule has 4 nitrogen and oxygen atoms in total. The summed E-state index contributed by atoms with van der Waals surface area (Å²) in [4.78, 5) is 11.5. The Balaban J connectivity index is 2.41. The molecule has 1 N–H and O–H groups in total. The lowest BCUT2D eigenvalue weighted by molar-refractivity contribution is -0.123. The van der Waals surface area contributed by atoms with E-state index in [1.165, 1.54) is 0 Å². The molecule has 1 aliphatic heterocycles. The summed E-state index contributed by atoms with van der Waals surface area (Å²) < 4.78 is 22.3. The van der Waals surface area contributed by atoms with Gasteiger partial charge < -0.3 is 5.32 Å². The van der Waals surface area contributed by atoms with Crippen molar-refractivity contribution < 1.29 is 13.2 Å². The van der Waals surface area contributed by atoms with Gasteiger partial charge in [0, 0.05) is 12.5 Å². The van der Waals surface area contributed by atoms with E-state index in [0.29, 0.717) is 12.8 Å². The Morgan fingerprint density at radius 3 is 2.40 bits per heavy atom. The van der Waals surface area contributed by atoms with Gasteiger partial charge >= 0.3 is 0 Å². The number of hydrogen-bond donors (Lipinski definition) is 1. The van der Waals surface area contributed by atoms with Gasteiger partial charge in [-0.05, 0) is 11.8 Å². The van der Waals surface area contributed by atoms with Crippen LogP contribution in [-0.4, -0.2) is 31.9 Å². The summed E-state index contributed by atoms with van der Waals surface area (Å²) in [5.41, 5.74) is -0.0540. The van der Waals surface area contributed by atoms with Crippen LogP contribution in [0.15, 0.2) is 0 Å². The van der Waals surface area contributed by atoms with Crippen molar-refractivity contribution in [1.82, 2.24) is 5.32 Å². The van der Waals surface area contributed by atoms with Crippen LogP contribution in [0.2, 0.25) is 0 Å². The summed E-state index contributed by atoms with van der Waals surface area (Å²) in [6.07, 6.45) is 0.988. The summed E-state index contributed by atoms with van der Waals surface area (Å²) >= 11 is 0. The Morgan fingerprint density at radius 2 is 2.00 bits per heavy atom. The predicted octanol–water partition coefficient (Wildman–Crippen LogP) is 0.726. The molecular weight excluding hydrogens is 214 g/mol. The van der Waals surface area contributed by atoms with Crippen LogP contribution in [0, 0.1) is 5.41 Å². The first-order valence-electron chi connectivity index (χ1n) is 5.18. The molecule has 0 radical (unpaired) electrons. The van der Waals surface area contributed by atoms with Crippen LogP contribution >= 0.6 is 0 Å². The van der Waals surface area contributed by atoms with E-state index in [9.17, 15) is 13.2 Å². The van der Waals surface area contributed by atoms with Crippen LogP contribution in [0.1, 0.15) is 33.6 Å². The van der Waals surface area contributed by atoms with E-state index in [0.717, 1.165) is 0 Å². The molecular formula is C10H19NO3S. The quantitative estimate of drug-likeness (QED) is 0.764. The zero-order chi connectivity index (χ0) is 11.7. The second-order valence-electron chi connectivity index (χ2n) is 5.40. The van der Waals surface area contributed by atoms with E-state index in [1.54, 1.807) is 0 Å². The normalized spacial score (nSPS) is 25.1. The number of rotatable bonds is 2. The van der Waals surface area contributed by atoms with E-state index in [-0.39, 0.29) is 28.9 Å². The molecule has 0 bridgehead atoms. The van der Waals surface area contributed by atoms with E-state index >= 15 is 0 Å². The molecule has 1 rings (SSSR count). The van der Waals surface area contributed by atoms with Crippen molar-refractivity contribution in [3.8, 4) is 0 Å². The maximum atomic E-state index is 11.5. The molecule has 15 heavy (non-hydrogen) atoms. The highest BCUT2D eigenvalue weighted by molar-refractivity contribution is 7.91. The lowest BCUT2D eigenvalue weighted by atomic mass is 9.92. The zero-order valence-electron chi connectivity index (χ0n) is 9.54. The number of nitrogens with one attached hydrogen (secondary N) is 1. The van der Waals surface area contributed by atoms with E-state index in [1.807, 2.05) is 20.8 Å². The molecule has 1 aliphatic rings. The fraction of sp³-hybridized carbons (Fsp3) is 0.900. The molecule has 5 heteroatoms. The van der Waals surface area contributed by atoms with Crippen LogP contribution in [-0.2, 0) is 14.6 Å². The van der Waals surface area contributed by atoms with Crippen molar-refractivity contribution in [3.63, 3.8) is 0 Å².